The Labute approximate surface area is 115 Å². The van der Waals surface area contributed by atoms with Crippen LogP contribution in [0.25, 0.3) is 0 Å². The quantitative estimate of drug-likeness (QED) is 0.810. The lowest BCUT2D eigenvalue weighted by Crippen LogP contribution is -2.36. The highest BCUT2D eigenvalue weighted by atomic mass is 127. The van der Waals surface area contributed by atoms with Crippen LogP contribution in [-0.2, 0) is 0 Å². The molecule has 1 fully saturated rings. The van der Waals surface area contributed by atoms with E-state index in [1.165, 1.54) is 19.3 Å². The third-order valence-corrected chi connectivity index (χ3v) is 3.81. The molecule has 0 spiro atoms. The summed E-state index contributed by atoms with van der Waals surface area (Å²) in [5, 5.41) is 12.7. The van der Waals surface area contributed by atoms with Gasteiger partial charge in [-0.2, -0.15) is 0 Å². The minimum atomic E-state index is -0.159. The summed E-state index contributed by atoms with van der Waals surface area (Å²) >= 11 is 2.14. The summed E-state index contributed by atoms with van der Waals surface area (Å²) in [6, 6.07) is 5.34. The molecular formula is C13H16INO2. The number of hydrogen-bond donors (Lipinski definition) is 2. The van der Waals surface area contributed by atoms with Gasteiger partial charge in [0.2, 0.25) is 0 Å². The Morgan fingerprint density at radius 2 is 2.00 bits per heavy atom. The van der Waals surface area contributed by atoms with E-state index in [4.69, 9.17) is 0 Å². The lowest BCUT2D eigenvalue weighted by Gasteiger charge is -2.22. The molecule has 4 heteroatoms. The average Bonchev–Trinajstić information content (AvgIpc) is 2.33. The third kappa shape index (κ3) is 3.34. The lowest BCUT2D eigenvalue weighted by molar-refractivity contribution is 0.0925. The molecule has 3 nitrogen and oxygen atoms in total. The minimum absolute atomic E-state index is 0.0544. The Bertz CT molecular complexity index is 414. The van der Waals surface area contributed by atoms with Crippen molar-refractivity contribution in [1.29, 1.82) is 0 Å². The van der Waals surface area contributed by atoms with Crippen LogP contribution in [-0.4, -0.2) is 17.1 Å². The second kappa shape index (κ2) is 5.71. The number of nitrogens with one attached hydrogen (secondary N) is 1. The first-order valence-electron chi connectivity index (χ1n) is 5.96. The van der Waals surface area contributed by atoms with E-state index in [9.17, 15) is 9.90 Å². The molecule has 0 saturated heterocycles. The van der Waals surface area contributed by atoms with Crippen LogP contribution in [0.3, 0.4) is 0 Å². The van der Waals surface area contributed by atoms with Gasteiger partial charge in [-0.05, 0) is 53.6 Å². The van der Waals surface area contributed by atoms with Gasteiger partial charge in [-0.3, -0.25) is 4.79 Å². The Morgan fingerprint density at radius 3 is 2.71 bits per heavy atom. The van der Waals surface area contributed by atoms with Crippen molar-refractivity contribution in [2.75, 3.05) is 0 Å². The molecule has 0 unspecified atom stereocenters. The van der Waals surface area contributed by atoms with E-state index in [1.54, 1.807) is 18.2 Å². The summed E-state index contributed by atoms with van der Waals surface area (Å²) in [6.45, 7) is 0. The normalized spacial score (nSPS) is 16.8. The summed E-state index contributed by atoms with van der Waals surface area (Å²) < 4.78 is 0.953. The molecule has 1 aromatic carbocycles. The number of phenolic OH excluding ortho intramolecular Hbond substituents is 1. The maximum Gasteiger partial charge on any atom is 0.255 e. The van der Waals surface area contributed by atoms with Crippen molar-refractivity contribution in [2.45, 2.75) is 38.1 Å². The largest absolute Gasteiger partial charge is 0.507 e. The smallest absolute Gasteiger partial charge is 0.255 e. The Kier molecular flexibility index (Phi) is 4.25. The summed E-state index contributed by atoms with van der Waals surface area (Å²) in [5.74, 6) is -0.105. The lowest BCUT2D eigenvalue weighted by atomic mass is 9.95. The maximum absolute atomic E-state index is 12.0. The highest BCUT2D eigenvalue weighted by molar-refractivity contribution is 14.1. The topological polar surface area (TPSA) is 49.3 Å². The first-order valence-corrected chi connectivity index (χ1v) is 7.04. The van der Waals surface area contributed by atoms with E-state index < -0.39 is 0 Å². The van der Waals surface area contributed by atoms with E-state index in [2.05, 4.69) is 27.9 Å². The number of phenols is 1. The molecule has 1 aromatic rings. The van der Waals surface area contributed by atoms with Gasteiger partial charge in [0.1, 0.15) is 5.75 Å². The van der Waals surface area contributed by atoms with Crippen LogP contribution in [0, 0.1) is 3.57 Å². The number of hydrogen-bond acceptors (Lipinski definition) is 2. The first-order chi connectivity index (χ1) is 8.16. The summed E-state index contributed by atoms with van der Waals surface area (Å²) in [5.41, 5.74) is 0.377. The molecule has 1 amide bonds. The van der Waals surface area contributed by atoms with Crippen molar-refractivity contribution in [3.05, 3.63) is 27.3 Å². The van der Waals surface area contributed by atoms with Crippen molar-refractivity contribution in [3.63, 3.8) is 0 Å². The molecular weight excluding hydrogens is 329 g/mol. The fourth-order valence-corrected chi connectivity index (χ4v) is 2.69. The fraction of sp³-hybridized carbons (Fsp3) is 0.462. The van der Waals surface area contributed by atoms with Gasteiger partial charge >= 0.3 is 0 Å². The summed E-state index contributed by atoms with van der Waals surface area (Å²) in [4.78, 5) is 12.0. The Morgan fingerprint density at radius 1 is 1.29 bits per heavy atom. The second-order valence-corrected chi connectivity index (χ2v) is 5.72. The molecule has 1 aliphatic carbocycles. The van der Waals surface area contributed by atoms with Crippen LogP contribution in [0.1, 0.15) is 42.5 Å². The molecule has 1 saturated carbocycles. The number of carbonyl (C=O) groups is 1. The van der Waals surface area contributed by atoms with Gasteiger partial charge in [0.15, 0.2) is 0 Å². The molecule has 1 aliphatic rings. The van der Waals surface area contributed by atoms with Gasteiger partial charge in [-0.1, -0.05) is 19.3 Å². The minimum Gasteiger partial charge on any atom is -0.507 e. The average molecular weight is 345 g/mol. The number of rotatable bonds is 2. The van der Waals surface area contributed by atoms with Crippen LogP contribution >= 0.6 is 22.6 Å². The maximum atomic E-state index is 12.0. The Balaban J connectivity index is 2.05. The molecule has 0 aromatic heterocycles. The Hall–Kier alpha value is -0.780. The molecule has 0 heterocycles. The molecule has 17 heavy (non-hydrogen) atoms. The highest BCUT2D eigenvalue weighted by Crippen LogP contribution is 2.22. The van der Waals surface area contributed by atoms with Gasteiger partial charge in [0, 0.05) is 9.61 Å². The standard InChI is InChI=1S/C13H16INO2/c14-9-6-7-12(16)11(8-9)13(17)15-10-4-2-1-3-5-10/h6-8,10,16H,1-5H2,(H,15,17). The van der Waals surface area contributed by atoms with E-state index in [1.807, 2.05) is 0 Å². The molecule has 2 rings (SSSR count). The van der Waals surface area contributed by atoms with Gasteiger partial charge in [-0.15, -0.1) is 0 Å². The van der Waals surface area contributed by atoms with Crippen LogP contribution in [0.2, 0.25) is 0 Å². The van der Waals surface area contributed by atoms with Gasteiger partial charge < -0.3 is 10.4 Å². The molecule has 0 bridgehead atoms. The summed E-state index contributed by atoms with van der Waals surface area (Å²) in [7, 11) is 0. The highest BCUT2D eigenvalue weighted by Gasteiger charge is 2.18. The van der Waals surface area contributed by atoms with E-state index in [-0.39, 0.29) is 17.7 Å². The van der Waals surface area contributed by atoms with Gasteiger partial charge in [0.05, 0.1) is 5.56 Å². The number of amides is 1. The number of aromatic hydroxyl groups is 1. The third-order valence-electron chi connectivity index (χ3n) is 3.14. The first kappa shape index (κ1) is 12.7. The predicted molar refractivity (Wildman–Crippen MR) is 75.2 cm³/mol. The SMILES string of the molecule is O=C(NC1CCCCC1)c1cc(I)ccc1O. The van der Waals surface area contributed by atoms with Crippen molar-refractivity contribution < 1.29 is 9.90 Å². The zero-order chi connectivity index (χ0) is 12.3. The molecule has 0 atom stereocenters. The van der Waals surface area contributed by atoms with Crippen LogP contribution in [0.4, 0.5) is 0 Å². The number of carbonyl (C=O) groups excluding carboxylic acids is 1. The fourth-order valence-electron chi connectivity index (χ4n) is 2.20. The van der Waals surface area contributed by atoms with Crippen LogP contribution in [0.5, 0.6) is 5.75 Å². The zero-order valence-electron chi connectivity index (χ0n) is 9.58. The van der Waals surface area contributed by atoms with Gasteiger partial charge in [-0.25, -0.2) is 0 Å². The van der Waals surface area contributed by atoms with Crippen molar-refractivity contribution in [3.8, 4) is 5.75 Å². The van der Waals surface area contributed by atoms with Crippen LogP contribution < -0.4 is 5.32 Å². The molecule has 0 aliphatic heterocycles. The van der Waals surface area contributed by atoms with Crippen LogP contribution in [0.15, 0.2) is 18.2 Å². The second-order valence-electron chi connectivity index (χ2n) is 4.47. The summed E-state index contributed by atoms with van der Waals surface area (Å²) in [6.07, 6.45) is 5.74. The number of halogens is 1. The molecule has 0 radical (unpaired) electrons. The van der Waals surface area contributed by atoms with E-state index in [0.717, 1.165) is 16.4 Å². The van der Waals surface area contributed by atoms with E-state index >= 15 is 0 Å². The van der Waals surface area contributed by atoms with Crippen molar-refractivity contribution in [2.24, 2.45) is 0 Å². The van der Waals surface area contributed by atoms with Gasteiger partial charge in [0.25, 0.3) is 5.91 Å². The molecule has 2 N–H and O–H groups in total. The predicted octanol–water partition coefficient (Wildman–Crippen LogP) is 3.06. The molecule has 92 valence electrons. The van der Waals surface area contributed by atoms with Crippen molar-refractivity contribution >= 4 is 28.5 Å². The van der Waals surface area contributed by atoms with E-state index in [0.29, 0.717) is 5.56 Å². The number of benzene rings is 1. The zero-order valence-corrected chi connectivity index (χ0v) is 11.7. The van der Waals surface area contributed by atoms with Crippen molar-refractivity contribution in [1.82, 2.24) is 5.32 Å². The monoisotopic (exact) mass is 345 g/mol.